The van der Waals surface area contributed by atoms with Gasteiger partial charge >= 0.3 is 0 Å². The van der Waals surface area contributed by atoms with Crippen LogP contribution >= 0.6 is 0 Å². The van der Waals surface area contributed by atoms with Crippen molar-refractivity contribution in [2.75, 3.05) is 5.73 Å². The number of hydrogen-bond donors (Lipinski definition) is 2. The van der Waals surface area contributed by atoms with E-state index in [2.05, 4.69) is 20.3 Å². The summed E-state index contributed by atoms with van der Waals surface area (Å²) in [5.74, 6) is 0.275. The van der Waals surface area contributed by atoms with Crippen LogP contribution in [0.4, 0.5) is 5.95 Å². The number of pyridine rings is 1. The second-order valence-corrected chi connectivity index (χ2v) is 3.16. The fourth-order valence-corrected chi connectivity index (χ4v) is 1.48. The molecule has 0 saturated heterocycles. The van der Waals surface area contributed by atoms with Crippen LogP contribution < -0.4 is 5.73 Å². The SMILES string of the molecule is Nc1nc2ccc(-c3ccn[nH]3)cn2n1. The number of fused-ring (bicyclic) bond motifs is 1. The highest BCUT2D eigenvalue weighted by atomic mass is 15.3. The summed E-state index contributed by atoms with van der Waals surface area (Å²) in [5.41, 5.74) is 8.16. The smallest absolute Gasteiger partial charge is 0.240 e. The summed E-state index contributed by atoms with van der Waals surface area (Å²) in [6.07, 6.45) is 3.56. The maximum atomic E-state index is 5.50. The van der Waals surface area contributed by atoms with Gasteiger partial charge in [0.05, 0.1) is 5.69 Å². The van der Waals surface area contributed by atoms with Crippen LogP contribution in [0.5, 0.6) is 0 Å². The van der Waals surface area contributed by atoms with Gasteiger partial charge in [0, 0.05) is 18.0 Å². The van der Waals surface area contributed by atoms with E-state index in [-0.39, 0.29) is 5.95 Å². The fourth-order valence-electron chi connectivity index (χ4n) is 1.48. The molecule has 3 heterocycles. The van der Waals surface area contributed by atoms with E-state index in [9.17, 15) is 0 Å². The van der Waals surface area contributed by atoms with Gasteiger partial charge in [-0.25, -0.2) is 4.52 Å². The van der Waals surface area contributed by atoms with Crippen molar-refractivity contribution in [3.8, 4) is 11.3 Å². The predicted octanol–water partition coefficient (Wildman–Crippen LogP) is 0.702. The van der Waals surface area contributed by atoms with Gasteiger partial charge in [0.25, 0.3) is 0 Å². The molecule has 3 aromatic heterocycles. The van der Waals surface area contributed by atoms with Crippen molar-refractivity contribution in [3.63, 3.8) is 0 Å². The first kappa shape index (κ1) is 7.98. The van der Waals surface area contributed by atoms with E-state index >= 15 is 0 Å². The van der Waals surface area contributed by atoms with E-state index in [1.165, 1.54) is 0 Å². The average Bonchev–Trinajstić information content (AvgIpc) is 2.82. The van der Waals surface area contributed by atoms with Crippen LogP contribution in [0.25, 0.3) is 16.9 Å². The summed E-state index contributed by atoms with van der Waals surface area (Å²) in [5, 5.41) is 10.8. The Bertz CT molecular complexity index is 594. The first-order valence-corrected chi connectivity index (χ1v) is 4.44. The molecular formula is C9H8N6. The summed E-state index contributed by atoms with van der Waals surface area (Å²) in [6, 6.07) is 5.69. The summed E-state index contributed by atoms with van der Waals surface area (Å²) in [7, 11) is 0. The van der Waals surface area contributed by atoms with Crippen LogP contribution in [0.1, 0.15) is 0 Å². The Balaban J connectivity index is 2.21. The van der Waals surface area contributed by atoms with Gasteiger partial charge in [-0.2, -0.15) is 10.1 Å². The highest BCUT2D eigenvalue weighted by Crippen LogP contribution is 2.16. The Kier molecular flexibility index (Phi) is 1.49. The van der Waals surface area contributed by atoms with Gasteiger partial charge in [0.2, 0.25) is 5.95 Å². The molecule has 0 spiro atoms. The highest BCUT2D eigenvalue weighted by molar-refractivity contribution is 5.60. The molecular weight excluding hydrogens is 192 g/mol. The number of nitrogens with one attached hydrogen (secondary N) is 1. The van der Waals surface area contributed by atoms with E-state index in [1.54, 1.807) is 10.7 Å². The zero-order valence-corrected chi connectivity index (χ0v) is 7.75. The van der Waals surface area contributed by atoms with E-state index in [4.69, 9.17) is 5.73 Å². The minimum Gasteiger partial charge on any atom is -0.366 e. The molecule has 0 amide bonds. The van der Waals surface area contributed by atoms with E-state index in [0.717, 1.165) is 16.9 Å². The number of hydrogen-bond acceptors (Lipinski definition) is 4. The van der Waals surface area contributed by atoms with Crippen molar-refractivity contribution in [3.05, 3.63) is 30.6 Å². The third-order valence-corrected chi connectivity index (χ3v) is 2.16. The second-order valence-electron chi connectivity index (χ2n) is 3.16. The normalized spacial score (nSPS) is 10.9. The molecule has 0 aliphatic carbocycles. The van der Waals surface area contributed by atoms with Crippen molar-refractivity contribution in [1.82, 2.24) is 24.8 Å². The number of aromatic nitrogens is 5. The van der Waals surface area contributed by atoms with Gasteiger partial charge in [-0.1, -0.05) is 0 Å². The molecule has 3 rings (SSSR count). The molecule has 3 aromatic rings. The monoisotopic (exact) mass is 200 g/mol. The van der Waals surface area contributed by atoms with Crippen LogP contribution in [0.15, 0.2) is 30.6 Å². The van der Waals surface area contributed by atoms with Crippen LogP contribution in [0.3, 0.4) is 0 Å². The second kappa shape index (κ2) is 2.81. The number of rotatable bonds is 1. The molecule has 6 nitrogen and oxygen atoms in total. The Morgan fingerprint density at radius 1 is 1.27 bits per heavy atom. The summed E-state index contributed by atoms with van der Waals surface area (Å²) >= 11 is 0. The molecule has 0 aliphatic rings. The third kappa shape index (κ3) is 1.23. The predicted molar refractivity (Wildman–Crippen MR) is 55.0 cm³/mol. The van der Waals surface area contributed by atoms with Crippen molar-refractivity contribution >= 4 is 11.6 Å². The van der Waals surface area contributed by atoms with Gasteiger partial charge < -0.3 is 5.73 Å². The quantitative estimate of drug-likeness (QED) is 0.605. The largest absolute Gasteiger partial charge is 0.366 e. The minimum atomic E-state index is 0.275. The lowest BCUT2D eigenvalue weighted by atomic mass is 10.2. The number of nitrogens with two attached hydrogens (primary N) is 1. The topological polar surface area (TPSA) is 84.9 Å². The van der Waals surface area contributed by atoms with Gasteiger partial charge in [0.15, 0.2) is 5.65 Å². The molecule has 0 aromatic carbocycles. The average molecular weight is 200 g/mol. The molecule has 0 bridgehead atoms. The maximum Gasteiger partial charge on any atom is 0.240 e. The lowest BCUT2D eigenvalue weighted by molar-refractivity contribution is 0.967. The zero-order valence-electron chi connectivity index (χ0n) is 7.75. The van der Waals surface area contributed by atoms with Crippen LogP contribution in [0.2, 0.25) is 0 Å². The van der Waals surface area contributed by atoms with Crippen molar-refractivity contribution in [2.24, 2.45) is 0 Å². The molecule has 0 atom stereocenters. The Morgan fingerprint density at radius 3 is 3.00 bits per heavy atom. The zero-order chi connectivity index (χ0) is 10.3. The molecule has 0 radical (unpaired) electrons. The standard InChI is InChI=1S/C9H8N6/c10-9-12-8-2-1-6(5-15(8)14-9)7-3-4-11-13-7/h1-5H,(H2,10,14)(H,11,13). The Hall–Kier alpha value is -2.37. The van der Waals surface area contributed by atoms with Gasteiger partial charge in [-0.05, 0) is 18.2 Å². The molecule has 0 aliphatic heterocycles. The van der Waals surface area contributed by atoms with Crippen LogP contribution in [0, 0.1) is 0 Å². The number of nitrogens with zero attached hydrogens (tertiary/aromatic N) is 4. The Labute approximate surface area is 84.8 Å². The lowest BCUT2D eigenvalue weighted by Crippen LogP contribution is -1.90. The summed E-state index contributed by atoms with van der Waals surface area (Å²) < 4.78 is 1.64. The van der Waals surface area contributed by atoms with Crippen LogP contribution in [-0.4, -0.2) is 24.8 Å². The van der Waals surface area contributed by atoms with Gasteiger partial charge in [-0.3, -0.25) is 5.10 Å². The molecule has 3 N–H and O–H groups in total. The summed E-state index contributed by atoms with van der Waals surface area (Å²) in [6.45, 7) is 0. The molecule has 15 heavy (non-hydrogen) atoms. The highest BCUT2D eigenvalue weighted by Gasteiger charge is 2.03. The molecule has 0 saturated carbocycles. The fraction of sp³-hybridized carbons (Fsp3) is 0. The van der Waals surface area contributed by atoms with E-state index < -0.39 is 0 Å². The molecule has 0 fully saturated rings. The number of aromatic amines is 1. The van der Waals surface area contributed by atoms with E-state index in [0.29, 0.717) is 0 Å². The third-order valence-electron chi connectivity index (χ3n) is 2.16. The molecule has 6 heteroatoms. The van der Waals surface area contributed by atoms with Crippen molar-refractivity contribution < 1.29 is 0 Å². The number of anilines is 1. The van der Waals surface area contributed by atoms with Crippen molar-refractivity contribution in [2.45, 2.75) is 0 Å². The minimum absolute atomic E-state index is 0.275. The first-order chi connectivity index (χ1) is 7.33. The molecule has 0 unspecified atom stereocenters. The van der Waals surface area contributed by atoms with Crippen molar-refractivity contribution in [1.29, 1.82) is 0 Å². The van der Waals surface area contributed by atoms with Crippen LogP contribution in [-0.2, 0) is 0 Å². The van der Waals surface area contributed by atoms with Gasteiger partial charge in [0.1, 0.15) is 0 Å². The number of nitrogen functional groups attached to an aromatic ring is 1. The first-order valence-electron chi connectivity index (χ1n) is 4.44. The summed E-state index contributed by atoms with van der Waals surface area (Å²) in [4.78, 5) is 4.04. The Morgan fingerprint density at radius 2 is 2.20 bits per heavy atom. The molecule has 74 valence electrons. The maximum absolute atomic E-state index is 5.50. The number of H-pyrrole nitrogens is 1. The van der Waals surface area contributed by atoms with E-state index in [1.807, 2.05) is 24.4 Å². The lowest BCUT2D eigenvalue weighted by Gasteiger charge is -1.97. The van der Waals surface area contributed by atoms with Gasteiger partial charge in [-0.15, -0.1) is 5.10 Å².